The third-order valence-corrected chi connectivity index (χ3v) is 2.98. The van der Waals surface area contributed by atoms with E-state index in [0.29, 0.717) is 0 Å². The molecule has 0 saturated heterocycles. The molecule has 0 saturated carbocycles. The molecule has 70 valence electrons. The first-order valence-corrected chi connectivity index (χ1v) is 5.18. The van der Waals surface area contributed by atoms with Gasteiger partial charge in [0.05, 0.1) is 0 Å². The van der Waals surface area contributed by atoms with E-state index >= 15 is 0 Å². The van der Waals surface area contributed by atoms with Crippen molar-refractivity contribution in [2.75, 3.05) is 0 Å². The summed E-state index contributed by atoms with van der Waals surface area (Å²) in [6, 6.07) is 7.07. The zero-order chi connectivity index (χ0) is 9.26. The second-order valence-corrected chi connectivity index (χ2v) is 3.89. The fourth-order valence-electron chi connectivity index (χ4n) is 2.11. The maximum absolute atomic E-state index is 6.07. The van der Waals surface area contributed by atoms with E-state index in [2.05, 4.69) is 25.1 Å². The van der Waals surface area contributed by atoms with E-state index in [9.17, 15) is 0 Å². The molecule has 0 fully saturated rings. The van der Waals surface area contributed by atoms with Crippen LogP contribution in [0.5, 0.6) is 0 Å². The highest BCUT2D eigenvalue weighted by Gasteiger charge is 2.16. The summed E-state index contributed by atoms with van der Waals surface area (Å²) in [7, 11) is 0. The van der Waals surface area contributed by atoms with Gasteiger partial charge in [-0.3, -0.25) is 0 Å². The summed E-state index contributed by atoms with van der Waals surface area (Å²) in [6.45, 7) is 2.19. The van der Waals surface area contributed by atoms with Gasteiger partial charge in [-0.15, -0.1) is 0 Å². The number of benzene rings is 1. The second-order valence-electron chi connectivity index (χ2n) is 3.89. The standard InChI is InChI=1S/C12H17N/c1-2-9-6-7-10-4-3-5-12(13)11(10)8-9/h6-8,12H,2-5,13H2,1H3/t12-/m0/s1. The third-order valence-electron chi connectivity index (χ3n) is 2.98. The minimum absolute atomic E-state index is 0.287. The molecular weight excluding hydrogens is 158 g/mol. The molecule has 0 aromatic heterocycles. The molecule has 0 radical (unpaired) electrons. The van der Waals surface area contributed by atoms with Crippen LogP contribution in [-0.2, 0) is 12.8 Å². The van der Waals surface area contributed by atoms with Crippen molar-refractivity contribution < 1.29 is 0 Å². The lowest BCUT2D eigenvalue weighted by Crippen LogP contribution is -2.17. The number of fused-ring (bicyclic) bond motifs is 1. The van der Waals surface area contributed by atoms with Gasteiger partial charge in [-0.2, -0.15) is 0 Å². The van der Waals surface area contributed by atoms with E-state index in [1.807, 2.05) is 0 Å². The van der Waals surface area contributed by atoms with Crippen molar-refractivity contribution in [1.29, 1.82) is 0 Å². The molecule has 2 N–H and O–H groups in total. The monoisotopic (exact) mass is 175 g/mol. The summed E-state index contributed by atoms with van der Waals surface area (Å²) >= 11 is 0. The first-order valence-electron chi connectivity index (χ1n) is 5.18. The van der Waals surface area contributed by atoms with E-state index < -0.39 is 0 Å². The Balaban J connectivity index is 2.41. The number of hydrogen-bond acceptors (Lipinski definition) is 1. The van der Waals surface area contributed by atoms with E-state index in [1.54, 1.807) is 0 Å². The largest absolute Gasteiger partial charge is 0.324 e. The molecule has 1 aromatic rings. The lowest BCUT2D eigenvalue weighted by molar-refractivity contribution is 0.569. The van der Waals surface area contributed by atoms with Crippen LogP contribution in [0.15, 0.2) is 18.2 Å². The Kier molecular flexibility index (Phi) is 2.36. The molecule has 0 bridgehead atoms. The van der Waals surface area contributed by atoms with Gasteiger partial charge in [0.1, 0.15) is 0 Å². The third kappa shape index (κ3) is 1.61. The van der Waals surface area contributed by atoms with E-state index in [1.165, 1.54) is 29.5 Å². The molecule has 13 heavy (non-hydrogen) atoms. The minimum Gasteiger partial charge on any atom is -0.324 e. The number of aryl methyl sites for hydroxylation is 2. The maximum Gasteiger partial charge on any atom is 0.0297 e. The topological polar surface area (TPSA) is 26.0 Å². The van der Waals surface area contributed by atoms with Gasteiger partial charge in [-0.05, 0) is 42.4 Å². The Hall–Kier alpha value is -0.820. The van der Waals surface area contributed by atoms with E-state index in [-0.39, 0.29) is 6.04 Å². The van der Waals surface area contributed by atoms with Crippen LogP contribution in [0.4, 0.5) is 0 Å². The van der Waals surface area contributed by atoms with Crippen LogP contribution in [0.2, 0.25) is 0 Å². The SMILES string of the molecule is CCc1ccc2c(c1)[C@@H](N)CCC2. The van der Waals surface area contributed by atoms with Gasteiger partial charge in [-0.25, -0.2) is 0 Å². The number of nitrogens with two attached hydrogens (primary N) is 1. The summed E-state index contributed by atoms with van der Waals surface area (Å²) in [5, 5.41) is 0. The van der Waals surface area contributed by atoms with Crippen molar-refractivity contribution in [1.82, 2.24) is 0 Å². The van der Waals surface area contributed by atoms with Crippen LogP contribution in [-0.4, -0.2) is 0 Å². The highest BCUT2D eigenvalue weighted by molar-refractivity contribution is 5.35. The molecule has 0 unspecified atom stereocenters. The van der Waals surface area contributed by atoms with Gasteiger partial charge in [0.25, 0.3) is 0 Å². The molecule has 1 heteroatoms. The van der Waals surface area contributed by atoms with Crippen LogP contribution >= 0.6 is 0 Å². The first kappa shape index (κ1) is 8.76. The molecule has 0 amide bonds. The zero-order valence-corrected chi connectivity index (χ0v) is 8.22. The number of hydrogen-bond donors (Lipinski definition) is 1. The molecule has 1 atom stereocenters. The van der Waals surface area contributed by atoms with Gasteiger partial charge in [0.2, 0.25) is 0 Å². The smallest absolute Gasteiger partial charge is 0.0297 e. The van der Waals surface area contributed by atoms with Crippen LogP contribution in [0.25, 0.3) is 0 Å². The molecule has 1 nitrogen and oxygen atoms in total. The van der Waals surface area contributed by atoms with Gasteiger partial charge in [-0.1, -0.05) is 25.1 Å². The van der Waals surface area contributed by atoms with Crippen LogP contribution < -0.4 is 5.73 Å². The Morgan fingerprint density at radius 2 is 2.31 bits per heavy atom. The predicted molar refractivity (Wildman–Crippen MR) is 55.7 cm³/mol. The molecule has 0 aliphatic heterocycles. The van der Waals surface area contributed by atoms with Gasteiger partial charge in [0.15, 0.2) is 0 Å². The van der Waals surface area contributed by atoms with Crippen molar-refractivity contribution >= 4 is 0 Å². The van der Waals surface area contributed by atoms with Crippen molar-refractivity contribution in [3.63, 3.8) is 0 Å². The second kappa shape index (κ2) is 3.51. The van der Waals surface area contributed by atoms with E-state index in [0.717, 1.165) is 12.8 Å². The van der Waals surface area contributed by atoms with Crippen LogP contribution in [0.1, 0.15) is 42.5 Å². The highest BCUT2D eigenvalue weighted by Crippen LogP contribution is 2.28. The Labute approximate surface area is 80.0 Å². The highest BCUT2D eigenvalue weighted by atomic mass is 14.6. The van der Waals surface area contributed by atoms with Crippen LogP contribution in [0, 0.1) is 0 Å². The Morgan fingerprint density at radius 1 is 1.46 bits per heavy atom. The van der Waals surface area contributed by atoms with Crippen molar-refractivity contribution in [2.24, 2.45) is 5.73 Å². The van der Waals surface area contributed by atoms with Crippen molar-refractivity contribution in [3.8, 4) is 0 Å². The molecule has 1 aromatic carbocycles. The predicted octanol–water partition coefficient (Wildman–Crippen LogP) is 2.59. The molecular formula is C12H17N. The number of rotatable bonds is 1. The van der Waals surface area contributed by atoms with Gasteiger partial charge in [0, 0.05) is 6.04 Å². The minimum atomic E-state index is 0.287. The van der Waals surface area contributed by atoms with Crippen molar-refractivity contribution in [2.45, 2.75) is 38.6 Å². The molecule has 1 aliphatic rings. The average molecular weight is 175 g/mol. The first-order chi connectivity index (χ1) is 6.31. The summed E-state index contributed by atoms with van der Waals surface area (Å²) in [6.07, 6.45) is 4.73. The molecule has 0 spiro atoms. The summed E-state index contributed by atoms with van der Waals surface area (Å²) in [5.74, 6) is 0. The molecule has 0 heterocycles. The molecule has 2 rings (SSSR count). The maximum atomic E-state index is 6.07. The average Bonchev–Trinajstić information content (AvgIpc) is 2.18. The zero-order valence-electron chi connectivity index (χ0n) is 8.22. The van der Waals surface area contributed by atoms with Crippen LogP contribution in [0.3, 0.4) is 0 Å². The van der Waals surface area contributed by atoms with Gasteiger partial charge >= 0.3 is 0 Å². The summed E-state index contributed by atoms with van der Waals surface area (Å²) < 4.78 is 0. The molecule has 1 aliphatic carbocycles. The lowest BCUT2D eigenvalue weighted by Gasteiger charge is -2.22. The lowest BCUT2D eigenvalue weighted by atomic mass is 9.87. The Morgan fingerprint density at radius 3 is 3.08 bits per heavy atom. The fourth-order valence-corrected chi connectivity index (χ4v) is 2.11. The van der Waals surface area contributed by atoms with E-state index in [4.69, 9.17) is 5.73 Å². The van der Waals surface area contributed by atoms with Crippen molar-refractivity contribution in [3.05, 3.63) is 34.9 Å². The normalized spacial score (nSPS) is 21.2. The fraction of sp³-hybridized carbons (Fsp3) is 0.500. The summed E-state index contributed by atoms with van der Waals surface area (Å²) in [4.78, 5) is 0. The quantitative estimate of drug-likeness (QED) is 0.697. The van der Waals surface area contributed by atoms with Gasteiger partial charge < -0.3 is 5.73 Å². The summed E-state index contributed by atoms with van der Waals surface area (Å²) in [5.41, 5.74) is 10.3. The Bertz CT molecular complexity index is 304.